The van der Waals surface area contributed by atoms with E-state index in [0.717, 1.165) is 19.3 Å². The number of fused-ring (bicyclic) bond motifs is 3. The van der Waals surface area contributed by atoms with Gasteiger partial charge in [-0.05, 0) is 42.5 Å². The van der Waals surface area contributed by atoms with E-state index in [0.29, 0.717) is 24.7 Å². The number of nitrogens with one attached hydrogen (secondary N) is 2. The summed E-state index contributed by atoms with van der Waals surface area (Å²) in [5.74, 6) is 0.906. The topological polar surface area (TPSA) is 88.8 Å². The summed E-state index contributed by atoms with van der Waals surface area (Å²) >= 11 is 12.2. The molecule has 0 amide bonds. The molecule has 144 valence electrons. The number of nitrogens with two attached hydrogens (primary N) is 1. The molecule has 0 radical (unpaired) electrons. The van der Waals surface area contributed by atoms with Gasteiger partial charge in [-0.25, -0.2) is 4.98 Å². The molecular weight excluding hydrogens is 409 g/mol. The van der Waals surface area contributed by atoms with Gasteiger partial charge < -0.3 is 20.8 Å². The van der Waals surface area contributed by atoms with E-state index in [-0.39, 0.29) is 28.9 Å². The van der Waals surface area contributed by atoms with Gasteiger partial charge in [0.05, 0.1) is 0 Å². The van der Waals surface area contributed by atoms with Crippen molar-refractivity contribution in [3.8, 4) is 5.75 Å². The molecule has 1 aliphatic carbocycles. The van der Waals surface area contributed by atoms with Crippen molar-refractivity contribution >= 4 is 52.3 Å². The van der Waals surface area contributed by atoms with Crippen molar-refractivity contribution in [2.75, 3.05) is 18.5 Å². The molecule has 1 atom stereocenters. The molecule has 27 heavy (non-hydrogen) atoms. The molecule has 2 heterocycles. The fourth-order valence-corrected chi connectivity index (χ4v) is 3.91. The van der Waals surface area contributed by atoms with Gasteiger partial charge in [-0.3, -0.25) is 0 Å². The normalized spacial score (nSPS) is 15.9. The number of ether oxygens (including phenoxy) is 1. The zero-order chi connectivity index (χ0) is 18.1. The molecule has 0 fully saturated rings. The first-order valence-electron chi connectivity index (χ1n) is 8.56. The number of aromatic nitrogens is 3. The van der Waals surface area contributed by atoms with Crippen LogP contribution in [0.1, 0.15) is 17.7 Å². The Labute approximate surface area is 173 Å². The molecule has 9 heteroatoms. The van der Waals surface area contributed by atoms with Crippen LogP contribution in [-0.2, 0) is 12.8 Å². The minimum atomic E-state index is 0. The fourth-order valence-electron chi connectivity index (χ4n) is 3.47. The van der Waals surface area contributed by atoms with Crippen LogP contribution in [0, 0.1) is 0 Å². The minimum absolute atomic E-state index is 0. The summed E-state index contributed by atoms with van der Waals surface area (Å²) in [4.78, 5) is 11.8. The monoisotopic (exact) mass is 427 g/mol. The summed E-state index contributed by atoms with van der Waals surface area (Å²) in [6.45, 7) is 0.706. The number of rotatable bonds is 5. The lowest BCUT2D eigenvalue weighted by Gasteiger charge is -2.25. The van der Waals surface area contributed by atoms with E-state index in [4.69, 9.17) is 33.7 Å². The van der Waals surface area contributed by atoms with Gasteiger partial charge in [0.15, 0.2) is 16.7 Å². The molecule has 3 aromatic rings. The highest BCUT2D eigenvalue weighted by molar-refractivity contribution is 6.33. The van der Waals surface area contributed by atoms with Crippen LogP contribution in [-0.4, -0.2) is 34.1 Å². The van der Waals surface area contributed by atoms with Crippen molar-refractivity contribution in [2.24, 2.45) is 5.73 Å². The lowest BCUT2D eigenvalue weighted by molar-refractivity contribution is 0.327. The summed E-state index contributed by atoms with van der Waals surface area (Å²) in [6, 6.07) is 8.58. The van der Waals surface area contributed by atoms with Crippen molar-refractivity contribution in [2.45, 2.75) is 25.3 Å². The Morgan fingerprint density at radius 1 is 1.26 bits per heavy atom. The Morgan fingerprint density at radius 3 is 2.89 bits per heavy atom. The predicted molar refractivity (Wildman–Crippen MR) is 112 cm³/mol. The van der Waals surface area contributed by atoms with Gasteiger partial charge in [0, 0.05) is 29.2 Å². The average molecular weight is 429 g/mol. The first kappa shape index (κ1) is 20.0. The van der Waals surface area contributed by atoms with E-state index < -0.39 is 0 Å². The maximum absolute atomic E-state index is 6.18. The van der Waals surface area contributed by atoms with E-state index in [1.54, 1.807) is 0 Å². The second-order valence-electron chi connectivity index (χ2n) is 6.31. The number of nitrogens with zero attached hydrogens (tertiary/aromatic N) is 2. The molecule has 0 spiro atoms. The van der Waals surface area contributed by atoms with Crippen LogP contribution in [0.2, 0.25) is 10.4 Å². The van der Waals surface area contributed by atoms with Crippen LogP contribution in [0.15, 0.2) is 24.3 Å². The highest BCUT2D eigenvalue weighted by atomic mass is 35.5. The summed E-state index contributed by atoms with van der Waals surface area (Å²) in [7, 11) is 0. The molecule has 0 saturated carbocycles. The van der Waals surface area contributed by atoms with E-state index >= 15 is 0 Å². The van der Waals surface area contributed by atoms with Crippen molar-refractivity contribution in [1.82, 2.24) is 15.0 Å². The summed E-state index contributed by atoms with van der Waals surface area (Å²) in [5, 5.41) is 4.98. The van der Waals surface area contributed by atoms with Crippen LogP contribution in [0.4, 0.5) is 5.82 Å². The summed E-state index contributed by atoms with van der Waals surface area (Å²) in [5.41, 5.74) is 9.36. The van der Waals surface area contributed by atoms with E-state index in [2.05, 4.69) is 38.5 Å². The highest BCUT2D eigenvalue weighted by Crippen LogP contribution is 2.34. The second kappa shape index (κ2) is 8.52. The number of aromatic amines is 1. The maximum atomic E-state index is 6.18. The molecule has 4 N–H and O–H groups in total. The van der Waals surface area contributed by atoms with Gasteiger partial charge in [0.1, 0.15) is 6.61 Å². The Morgan fingerprint density at radius 2 is 2.07 bits per heavy atom. The first-order valence-corrected chi connectivity index (χ1v) is 9.32. The highest BCUT2D eigenvalue weighted by Gasteiger charge is 2.24. The lowest BCUT2D eigenvalue weighted by atomic mass is 9.91. The van der Waals surface area contributed by atoms with Crippen LogP contribution in [0.25, 0.3) is 10.9 Å². The zero-order valence-electron chi connectivity index (χ0n) is 14.5. The van der Waals surface area contributed by atoms with Crippen molar-refractivity contribution in [1.29, 1.82) is 0 Å². The van der Waals surface area contributed by atoms with Gasteiger partial charge in [-0.15, -0.1) is 12.4 Å². The molecule has 0 aliphatic heterocycles. The van der Waals surface area contributed by atoms with E-state index in [1.165, 1.54) is 22.2 Å². The molecule has 4 rings (SSSR count). The first-order chi connectivity index (χ1) is 12.7. The Hall–Kier alpha value is -1.73. The Bertz CT molecular complexity index is 946. The summed E-state index contributed by atoms with van der Waals surface area (Å²) < 4.78 is 5.63. The van der Waals surface area contributed by atoms with Crippen molar-refractivity contribution in [3.63, 3.8) is 0 Å². The minimum Gasteiger partial charge on any atom is -0.486 e. The number of anilines is 1. The molecular formula is C18H20Cl3N5O. The third kappa shape index (κ3) is 4.09. The zero-order valence-corrected chi connectivity index (χ0v) is 16.8. The average Bonchev–Trinajstić information content (AvgIpc) is 2.99. The molecule has 0 bridgehead atoms. The Balaban J connectivity index is 0.00000210. The van der Waals surface area contributed by atoms with Gasteiger partial charge in [-0.1, -0.05) is 29.8 Å². The largest absolute Gasteiger partial charge is 0.486 e. The van der Waals surface area contributed by atoms with Crippen LogP contribution in [0.5, 0.6) is 5.75 Å². The molecule has 0 unspecified atom stereocenters. The fraction of sp³-hybridized carbons (Fsp3) is 0.333. The van der Waals surface area contributed by atoms with E-state index in [1.807, 2.05) is 6.07 Å². The number of halogens is 3. The molecule has 6 nitrogen and oxygen atoms in total. The smallest absolute Gasteiger partial charge is 0.226 e. The van der Waals surface area contributed by atoms with Crippen molar-refractivity contribution in [3.05, 3.63) is 46.0 Å². The third-order valence-corrected chi connectivity index (χ3v) is 5.02. The Kier molecular flexibility index (Phi) is 6.32. The maximum Gasteiger partial charge on any atom is 0.226 e. The molecule has 2 aromatic heterocycles. The lowest BCUT2D eigenvalue weighted by Crippen LogP contribution is -2.28. The molecule has 0 saturated heterocycles. The van der Waals surface area contributed by atoms with Gasteiger partial charge in [0.25, 0.3) is 0 Å². The quantitative estimate of drug-likeness (QED) is 0.422. The number of H-pyrrole nitrogens is 1. The number of hydrogen-bond donors (Lipinski definition) is 3. The second-order valence-corrected chi connectivity index (χ2v) is 7.01. The summed E-state index contributed by atoms with van der Waals surface area (Å²) in [6.07, 6.45) is 2.82. The molecule has 1 aliphatic rings. The van der Waals surface area contributed by atoms with E-state index in [9.17, 15) is 0 Å². The number of para-hydroxylation sites is 1. The van der Waals surface area contributed by atoms with Gasteiger partial charge >= 0.3 is 0 Å². The van der Waals surface area contributed by atoms with Crippen LogP contribution in [0.3, 0.4) is 0 Å². The van der Waals surface area contributed by atoms with Gasteiger partial charge in [-0.2, -0.15) is 4.98 Å². The van der Waals surface area contributed by atoms with Crippen LogP contribution < -0.4 is 15.8 Å². The van der Waals surface area contributed by atoms with Crippen LogP contribution >= 0.6 is 35.6 Å². The van der Waals surface area contributed by atoms with Crippen molar-refractivity contribution < 1.29 is 4.74 Å². The third-order valence-electron chi connectivity index (χ3n) is 4.60. The SMILES string of the molecule is Cl.NCCOc1c(Cl)nc(Cl)nc1N[C@@H]1CCc2[nH]c3ccccc3c2C1. The standard InChI is InChI=1S/C18H19Cl2N5O.ClH/c19-16-15(26-8-7-21)17(25-18(20)24-16)22-10-5-6-14-12(9-10)11-3-1-2-4-13(11)23-14;/h1-4,10,23H,5-9,21H2,(H,22,24,25);1H/t10-;/m1./s1. The number of benzene rings is 1. The van der Waals surface area contributed by atoms with Gasteiger partial charge in [0.2, 0.25) is 5.28 Å². The molecule has 1 aromatic carbocycles. The predicted octanol–water partition coefficient (Wildman–Crippen LogP) is 3.99. The number of aryl methyl sites for hydroxylation is 1. The number of hydrogen-bond acceptors (Lipinski definition) is 5.